The number of carbonyl (C=O) groups excluding carboxylic acids is 2. The number of carbonyl (C=O) groups is 2. The Morgan fingerprint density at radius 2 is 1.72 bits per heavy atom. The van der Waals surface area contributed by atoms with E-state index < -0.39 is 23.5 Å². The van der Waals surface area contributed by atoms with Gasteiger partial charge in [-0.15, -0.1) is 0 Å². The molecule has 5 heteroatoms. The molecule has 0 saturated heterocycles. The number of nitrogens with zero attached hydrogens (tertiary/aromatic N) is 1. The molecule has 0 heterocycles. The van der Waals surface area contributed by atoms with Crippen LogP contribution in [0.25, 0.3) is 6.08 Å². The molecule has 0 aliphatic heterocycles. The maximum absolute atomic E-state index is 12.1. The monoisotopic (exact) mass is 342 g/mol. The summed E-state index contributed by atoms with van der Waals surface area (Å²) in [6.07, 6.45) is 0.479. The molecule has 0 aliphatic rings. The first-order chi connectivity index (χ1) is 11.5. The number of amides is 1. The first kappa shape index (κ1) is 20.4. The fraction of sp³-hybridized carbons (Fsp3) is 0.450. The third kappa shape index (κ3) is 6.80. The van der Waals surface area contributed by atoms with E-state index in [0.29, 0.717) is 5.92 Å². The zero-order chi connectivity index (χ0) is 19.2. The average molecular weight is 342 g/mol. The van der Waals surface area contributed by atoms with Crippen molar-refractivity contribution >= 4 is 18.0 Å². The Kier molecular flexibility index (Phi) is 6.93. The van der Waals surface area contributed by atoms with E-state index in [0.717, 1.165) is 5.56 Å². The SMILES string of the molecule is CC(C)c1ccc(/C=C(\C#N)C(=O)O[C@@H](C)C(=O)NC(C)(C)C)cc1. The molecule has 1 rings (SSSR count). The third-order valence-electron chi connectivity index (χ3n) is 3.41. The lowest BCUT2D eigenvalue weighted by Gasteiger charge is -2.23. The van der Waals surface area contributed by atoms with Crippen LogP contribution in [0.2, 0.25) is 0 Å². The van der Waals surface area contributed by atoms with Gasteiger partial charge in [0.1, 0.15) is 11.6 Å². The first-order valence-corrected chi connectivity index (χ1v) is 8.28. The highest BCUT2D eigenvalue weighted by Gasteiger charge is 2.23. The minimum Gasteiger partial charge on any atom is -0.448 e. The van der Waals surface area contributed by atoms with E-state index in [-0.39, 0.29) is 5.57 Å². The highest BCUT2D eigenvalue weighted by Crippen LogP contribution is 2.16. The number of hydrogen-bond donors (Lipinski definition) is 1. The second kappa shape index (κ2) is 8.48. The molecular weight excluding hydrogens is 316 g/mol. The Morgan fingerprint density at radius 1 is 1.16 bits per heavy atom. The van der Waals surface area contributed by atoms with Gasteiger partial charge >= 0.3 is 5.97 Å². The summed E-state index contributed by atoms with van der Waals surface area (Å²) in [6, 6.07) is 9.43. The van der Waals surface area contributed by atoms with Crippen LogP contribution >= 0.6 is 0 Å². The zero-order valence-electron chi connectivity index (χ0n) is 15.7. The van der Waals surface area contributed by atoms with Crippen LogP contribution in [0, 0.1) is 11.3 Å². The quantitative estimate of drug-likeness (QED) is 0.504. The number of rotatable bonds is 5. The van der Waals surface area contributed by atoms with Crippen LogP contribution in [0.4, 0.5) is 0 Å². The maximum Gasteiger partial charge on any atom is 0.349 e. The summed E-state index contributed by atoms with van der Waals surface area (Å²) in [5, 5.41) is 11.9. The predicted octanol–water partition coefficient (Wildman–Crippen LogP) is 3.56. The standard InChI is InChI=1S/C20H26N2O3/c1-13(2)16-9-7-15(8-10-16)11-17(12-21)19(24)25-14(3)18(23)22-20(4,5)6/h7-11,13-14H,1-6H3,(H,22,23)/b17-11+/t14-/m0/s1. The summed E-state index contributed by atoms with van der Waals surface area (Å²) in [7, 11) is 0. The Balaban J connectivity index is 2.83. The topological polar surface area (TPSA) is 79.2 Å². The Hall–Kier alpha value is -2.61. The van der Waals surface area contributed by atoms with Crippen molar-refractivity contribution in [3.05, 3.63) is 41.0 Å². The number of esters is 1. The maximum atomic E-state index is 12.1. The van der Waals surface area contributed by atoms with E-state index in [4.69, 9.17) is 4.74 Å². The molecule has 1 aromatic rings. The number of ether oxygens (including phenoxy) is 1. The summed E-state index contributed by atoms with van der Waals surface area (Å²) < 4.78 is 5.10. The fourth-order valence-electron chi connectivity index (χ4n) is 2.03. The van der Waals surface area contributed by atoms with Crippen LogP contribution in [0.15, 0.2) is 29.8 Å². The summed E-state index contributed by atoms with van der Waals surface area (Å²) in [4.78, 5) is 24.1. The number of hydrogen-bond acceptors (Lipinski definition) is 4. The van der Waals surface area contributed by atoms with E-state index in [1.165, 1.54) is 18.6 Å². The van der Waals surface area contributed by atoms with Crippen LogP contribution in [-0.2, 0) is 14.3 Å². The molecule has 0 aromatic heterocycles. The van der Waals surface area contributed by atoms with Crippen molar-refractivity contribution in [1.82, 2.24) is 5.32 Å². The summed E-state index contributed by atoms with van der Waals surface area (Å²) in [6.45, 7) is 11.2. The Bertz CT molecular complexity index is 689. The second-order valence-corrected chi connectivity index (χ2v) is 7.28. The highest BCUT2D eigenvalue weighted by atomic mass is 16.5. The van der Waals surface area contributed by atoms with Gasteiger partial charge in [0.15, 0.2) is 6.10 Å². The van der Waals surface area contributed by atoms with E-state index in [1.807, 2.05) is 51.1 Å². The highest BCUT2D eigenvalue weighted by molar-refractivity contribution is 5.99. The molecular formula is C20H26N2O3. The van der Waals surface area contributed by atoms with Crippen LogP contribution in [-0.4, -0.2) is 23.5 Å². The second-order valence-electron chi connectivity index (χ2n) is 7.28. The summed E-state index contributed by atoms with van der Waals surface area (Å²) >= 11 is 0. The molecule has 5 nitrogen and oxygen atoms in total. The fourth-order valence-corrected chi connectivity index (χ4v) is 2.03. The van der Waals surface area contributed by atoms with Gasteiger partial charge in [-0.05, 0) is 50.8 Å². The van der Waals surface area contributed by atoms with E-state index in [2.05, 4.69) is 19.2 Å². The van der Waals surface area contributed by atoms with Gasteiger partial charge in [0.25, 0.3) is 5.91 Å². The van der Waals surface area contributed by atoms with Gasteiger partial charge in [-0.1, -0.05) is 38.1 Å². The van der Waals surface area contributed by atoms with Gasteiger partial charge in [-0.25, -0.2) is 4.79 Å². The largest absolute Gasteiger partial charge is 0.448 e. The lowest BCUT2D eigenvalue weighted by atomic mass is 10.0. The lowest BCUT2D eigenvalue weighted by molar-refractivity contribution is -0.151. The van der Waals surface area contributed by atoms with E-state index in [9.17, 15) is 14.9 Å². The minimum absolute atomic E-state index is 0.146. The van der Waals surface area contributed by atoms with Crippen molar-refractivity contribution in [2.24, 2.45) is 0 Å². The molecule has 25 heavy (non-hydrogen) atoms. The zero-order valence-corrected chi connectivity index (χ0v) is 15.7. The molecule has 0 spiro atoms. The average Bonchev–Trinajstić information content (AvgIpc) is 2.51. The molecule has 0 radical (unpaired) electrons. The molecule has 0 bridgehead atoms. The molecule has 1 atom stereocenters. The molecule has 0 aliphatic carbocycles. The normalized spacial score (nSPS) is 13.1. The molecule has 1 amide bonds. The molecule has 1 aromatic carbocycles. The molecule has 0 fully saturated rings. The summed E-state index contributed by atoms with van der Waals surface area (Å²) in [5.41, 5.74) is 1.33. The Labute approximate surface area is 149 Å². The van der Waals surface area contributed by atoms with E-state index >= 15 is 0 Å². The van der Waals surface area contributed by atoms with Gasteiger partial charge in [-0.3, -0.25) is 4.79 Å². The van der Waals surface area contributed by atoms with Crippen molar-refractivity contribution in [2.45, 2.75) is 59.1 Å². The van der Waals surface area contributed by atoms with Crippen molar-refractivity contribution in [2.75, 3.05) is 0 Å². The van der Waals surface area contributed by atoms with Crippen molar-refractivity contribution in [1.29, 1.82) is 5.26 Å². The van der Waals surface area contributed by atoms with Crippen LogP contribution < -0.4 is 5.32 Å². The minimum atomic E-state index is -0.980. The van der Waals surface area contributed by atoms with Crippen LogP contribution in [0.3, 0.4) is 0 Å². The Morgan fingerprint density at radius 3 is 2.16 bits per heavy atom. The molecule has 0 saturated carbocycles. The van der Waals surface area contributed by atoms with Crippen molar-refractivity contribution < 1.29 is 14.3 Å². The van der Waals surface area contributed by atoms with Gasteiger partial charge in [0.05, 0.1) is 0 Å². The third-order valence-corrected chi connectivity index (χ3v) is 3.41. The van der Waals surface area contributed by atoms with Gasteiger partial charge in [-0.2, -0.15) is 5.26 Å². The van der Waals surface area contributed by atoms with Gasteiger partial charge in [0.2, 0.25) is 0 Å². The van der Waals surface area contributed by atoms with Crippen LogP contribution in [0.1, 0.15) is 58.6 Å². The summed E-state index contributed by atoms with van der Waals surface area (Å²) in [5.74, 6) is -0.813. The van der Waals surface area contributed by atoms with Crippen molar-refractivity contribution in [3.8, 4) is 6.07 Å². The van der Waals surface area contributed by atoms with E-state index in [1.54, 1.807) is 0 Å². The molecule has 134 valence electrons. The first-order valence-electron chi connectivity index (χ1n) is 8.28. The smallest absolute Gasteiger partial charge is 0.349 e. The number of benzene rings is 1. The van der Waals surface area contributed by atoms with Gasteiger partial charge in [0, 0.05) is 5.54 Å². The van der Waals surface area contributed by atoms with Crippen molar-refractivity contribution in [3.63, 3.8) is 0 Å². The lowest BCUT2D eigenvalue weighted by Crippen LogP contribution is -2.46. The predicted molar refractivity (Wildman–Crippen MR) is 97.6 cm³/mol. The number of nitriles is 1. The van der Waals surface area contributed by atoms with Crippen LogP contribution in [0.5, 0.6) is 0 Å². The molecule has 1 N–H and O–H groups in total. The number of nitrogens with one attached hydrogen (secondary N) is 1. The molecule has 0 unspecified atom stereocenters. The van der Waals surface area contributed by atoms with Gasteiger partial charge < -0.3 is 10.1 Å².